The Morgan fingerprint density at radius 1 is 0.315 bits per heavy atom. The summed E-state index contributed by atoms with van der Waals surface area (Å²) in [6.45, 7) is 0. The maximum Gasteiger partial charge on any atom is -0.00235 e. The van der Waals surface area contributed by atoms with Crippen molar-refractivity contribution >= 4 is 43.5 Å². The Bertz CT molecular complexity index is 2980. The highest BCUT2D eigenvalue weighted by Gasteiger charge is 2.25. The van der Waals surface area contributed by atoms with Crippen molar-refractivity contribution in [2.75, 3.05) is 0 Å². The molecule has 0 saturated heterocycles. The second-order valence-corrected chi connectivity index (χ2v) is 14.7. The molecular formula is C54H36. The summed E-state index contributed by atoms with van der Waals surface area (Å²) in [5, 5.41) is 7.80. The fourth-order valence-electron chi connectivity index (χ4n) is 9.22. The van der Waals surface area contributed by atoms with Crippen LogP contribution in [-0.4, -0.2) is 0 Å². The summed E-state index contributed by atoms with van der Waals surface area (Å²) in [6.07, 6.45) is 6.90. The highest BCUT2D eigenvalue weighted by Crippen LogP contribution is 2.50. The van der Waals surface area contributed by atoms with Crippen molar-refractivity contribution in [1.82, 2.24) is 0 Å². The molecule has 0 nitrogen and oxygen atoms in total. The summed E-state index contributed by atoms with van der Waals surface area (Å²) in [4.78, 5) is 0. The standard InChI is InChI=1S/C54H36/c1-3-12-35(13-4-1)37-22-26-39(27-23-37)52-47-18-9-10-19-48(47)53(40-28-24-38(25-29-40)36-14-5-2-6-15-36)51-34-41(30-31-50(51)52)42-32-33-49-44-17-8-7-16-43(44)46-21-11-20-45(42)54(46)49/h1-6,8-15,17-34H,7,16H2. The highest BCUT2D eigenvalue weighted by molar-refractivity contribution is 6.23. The zero-order chi connectivity index (χ0) is 35.6. The molecule has 0 amide bonds. The van der Waals surface area contributed by atoms with E-state index in [-0.39, 0.29) is 0 Å². The zero-order valence-corrected chi connectivity index (χ0v) is 29.9. The van der Waals surface area contributed by atoms with Crippen LogP contribution in [0.4, 0.5) is 0 Å². The first-order valence-electron chi connectivity index (χ1n) is 19.1. The quantitative estimate of drug-likeness (QED) is 0.158. The molecule has 0 unspecified atom stereocenters. The van der Waals surface area contributed by atoms with Crippen molar-refractivity contribution in [3.05, 3.63) is 205 Å². The van der Waals surface area contributed by atoms with Crippen LogP contribution < -0.4 is 0 Å². The normalized spacial score (nSPS) is 13.3. The van der Waals surface area contributed by atoms with E-state index in [1.807, 2.05) is 0 Å². The van der Waals surface area contributed by atoms with Crippen molar-refractivity contribution < 1.29 is 0 Å². The Balaban J connectivity index is 1.16. The molecule has 11 rings (SSSR count). The van der Waals surface area contributed by atoms with Crippen molar-refractivity contribution in [3.8, 4) is 55.6 Å². The van der Waals surface area contributed by atoms with E-state index in [0.29, 0.717) is 0 Å². The first kappa shape index (κ1) is 30.8. The van der Waals surface area contributed by atoms with E-state index in [2.05, 4.69) is 194 Å². The summed E-state index contributed by atoms with van der Waals surface area (Å²) in [5.41, 5.74) is 18.2. The van der Waals surface area contributed by atoms with Gasteiger partial charge in [-0.25, -0.2) is 0 Å². The van der Waals surface area contributed by atoms with Gasteiger partial charge in [-0.1, -0.05) is 188 Å². The van der Waals surface area contributed by atoms with Crippen LogP contribution in [0, 0.1) is 0 Å². The third kappa shape index (κ3) is 4.84. The van der Waals surface area contributed by atoms with Crippen LogP contribution in [0.5, 0.6) is 0 Å². The van der Waals surface area contributed by atoms with Crippen LogP contribution in [0.3, 0.4) is 0 Å². The van der Waals surface area contributed by atoms with Gasteiger partial charge in [-0.05, 0) is 129 Å². The smallest absolute Gasteiger partial charge is 0.00235 e. The molecule has 0 heterocycles. The predicted molar refractivity (Wildman–Crippen MR) is 231 cm³/mol. The van der Waals surface area contributed by atoms with Gasteiger partial charge >= 0.3 is 0 Å². The summed E-state index contributed by atoms with van der Waals surface area (Å²) in [5.74, 6) is 0. The zero-order valence-electron chi connectivity index (χ0n) is 29.9. The average Bonchev–Trinajstić information content (AvgIpc) is 3.58. The van der Waals surface area contributed by atoms with Gasteiger partial charge in [0.25, 0.3) is 0 Å². The molecule has 0 aliphatic heterocycles. The molecule has 0 atom stereocenters. The van der Waals surface area contributed by atoms with Crippen LogP contribution in [0.2, 0.25) is 0 Å². The number of hydrogen-bond acceptors (Lipinski definition) is 0. The Morgan fingerprint density at radius 2 is 0.815 bits per heavy atom. The third-order valence-electron chi connectivity index (χ3n) is 11.7. The molecule has 0 spiro atoms. The Kier molecular flexibility index (Phi) is 7.10. The molecular weight excluding hydrogens is 649 g/mol. The molecule has 2 aliphatic carbocycles. The molecule has 9 aromatic rings. The summed E-state index contributed by atoms with van der Waals surface area (Å²) < 4.78 is 0. The second-order valence-electron chi connectivity index (χ2n) is 14.7. The number of benzene rings is 9. The van der Waals surface area contributed by atoms with Gasteiger partial charge in [0.2, 0.25) is 0 Å². The Morgan fingerprint density at radius 3 is 1.46 bits per heavy atom. The van der Waals surface area contributed by atoms with Gasteiger partial charge in [0.1, 0.15) is 0 Å². The van der Waals surface area contributed by atoms with Gasteiger partial charge in [0, 0.05) is 0 Å². The van der Waals surface area contributed by atoms with Gasteiger partial charge in [0.05, 0.1) is 0 Å². The second kappa shape index (κ2) is 12.4. The molecule has 0 N–H and O–H groups in total. The van der Waals surface area contributed by atoms with Crippen LogP contribution in [-0.2, 0) is 0 Å². The largest absolute Gasteiger partial charge is 0.0836 e. The molecule has 0 bridgehead atoms. The Hall–Kier alpha value is -6.76. The van der Waals surface area contributed by atoms with Crippen LogP contribution in [0.15, 0.2) is 194 Å². The lowest BCUT2D eigenvalue weighted by Crippen LogP contribution is -1.93. The van der Waals surface area contributed by atoms with E-state index < -0.39 is 0 Å². The molecule has 0 aromatic heterocycles. The number of allylic oxidation sites excluding steroid dienone is 4. The van der Waals surface area contributed by atoms with Crippen molar-refractivity contribution in [1.29, 1.82) is 0 Å². The van der Waals surface area contributed by atoms with Gasteiger partial charge < -0.3 is 0 Å². The minimum absolute atomic E-state index is 1.11. The molecule has 0 radical (unpaired) electrons. The maximum absolute atomic E-state index is 2.47. The number of rotatable bonds is 5. The van der Waals surface area contributed by atoms with Gasteiger partial charge in [-0.3, -0.25) is 0 Å². The third-order valence-corrected chi connectivity index (χ3v) is 11.7. The van der Waals surface area contributed by atoms with E-state index in [0.717, 1.165) is 12.8 Å². The number of hydrogen-bond donors (Lipinski definition) is 0. The molecule has 0 heteroatoms. The van der Waals surface area contributed by atoms with E-state index >= 15 is 0 Å². The summed E-state index contributed by atoms with van der Waals surface area (Å²) in [7, 11) is 0. The molecule has 9 aromatic carbocycles. The van der Waals surface area contributed by atoms with E-state index in [9.17, 15) is 0 Å². The van der Waals surface area contributed by atoms with Gasteiger partial charge in [-0.15, -0.1) is 0 Å². The van der Waals surface area contributed by atoms with Crippen LogP contribution >= 0.6 is 0 Å². The first-order valence-corrected chi connectivity index (χ1v) is 19.1. The van der Waals surface area contributed by atoms with Crippen molar-refractivity contribution in [2.45, 2.75) is 12.8 Å². The predicted octanol–water partition coefficient (Wildman–Crippen LogP) is 15.1. The molecule has 54 heavy (non-hydrogen) atoms. The lowest BCUT2D eigenvalue weighted by atomic mass is 9.84. The lowest BCUT2D eigenvalue weighted by Gasteiger charge is -2.19. The summed E-state index contributed by atoms with van der Waals surface area (Å²) in [6, 6.07) is 67.5. The van der Waals surface area contributed by atoms with Crippen molar-refractivity contribution in [2.24, 2.45) is 0 Å². The molecule has 2 aliphatic rings. The first-order chi connectivity index (χ1) is 26.8. The van der Waals surface area contributed by atoms with Gasteiger partial charge in [-0.2, -0.15) is 0 Å². The topological polar surface area (TPSA) is 0 Å². The SMILES string of the molecule is C1=CC2=C(CC1)c1cccc3c(-c4ccc5c(-c6ccc(-c7ccccc7)cc6)c6ccccc6c(-c6ccc(-c7ccccc7)cc6)c5c4)ccc2c13. The highest BCUT2D eigenvalue weighted by atomic mass is 14.3. The van der Waals surface area contributed by atoms with E-state index in [4.69, 9.17) is 0 Å². The summed E-state index contributed by atoms with van der Waals surface area (Å²) >= 11 is 0. The average molecular weight is 685 g/mol. The van der Waals surface area contributed by atoms with E-state index in [1.165, 1.54) is 110 Å². The van der Waals surface area contributed by atoms with E-state index in [1.54, 1.807) is 0 Å². The maximum atomic E-state index is 2.47. The van der Waals surface area contributed by atoms with Crippen LogP contribution in [0.1, 0.15) is 24.0 Å². The Labute approximate surface area is 316 Å². The minimum atomic E-state index is 1.11. The molecule has 0 fully saturated rings. The monoisotopic (exact) mass is 684 g/mol. The van der Waals surface area contributed by atoms with Crippen LogP contribution in [0.25, 0.3) is 99.1 Å². The lowest BCUT2D eigenvalue weighted by molar-refractivity contribution is 1.06. The van der Waals surface area contributed by atoms with Crippen molar-refractivity contribution in [3.63, 3.8) is 0 Å². The molecule has 0 saturated carbocycles. The molecule has 252 valence electrons. The fourth-order valence-corrected chi connectivity index (χ4v) is 9.22. The minimum Gasteiger partial charge on any atom is -0.0836 e. The van der Waals surface area contributed by atoms with Gasteiger partial charge in [0.15, 0.2) is 0 Å². The number of fused-ring (bicyclic) bond motifs is 4. The fraction of sp³-hybridized carbons (Fsp3) is 0.0370.